The van der Waals surface area contributed by atoms with Crippen LogP contribution in [0, 0.1) is 11.8 Å². The Morgan fingerprint density at radius 2 is 0.567 bits per heavy atom. The first-order valence-corrected chi connectivity index (χ1v) is 30.3. The molecule has 0 aromatic carbocycles. The van der Waals surface area contributed by atoms with Gasteiger partial charge in [0.25, 0.3) is 0 Å². The van der Waals surface area contributed by atoms with E-state index in [0.29, 0.717) is 19.3 Å². The zero-order valence-electron chi connectivity index (χ0n) is 46.0. The molecule has 0 aromatic heterocycles. The summed E-state index contributed by atoms with van der Waals surface area (Å²) in [5.41, 5.74) is 0. The zero-order valence-corrected chi connectivity index (χ0v) is 46.0. The Hall–Kier alpha value is -1.59. The first-order valence-electron chi connectivity index (χ1n) is 30.3. The van der Waals surface area contributed by atoms with E-state index in [9.17, 15) is 14.4 Å². The van der Waals surface area contributed by atoms with Gasteiger partial charge in [-0.25, -0.2) is 0 Å². The van der Waals surface area contributed by atoms with Gasteiger partial charge in [-0.2, -0.15) is 0 Å². The summed E-state index contributed by atoms with van der Waals surface area (Å²) in [6, 6.07) is 0. The van der Waals surface area contributed by atoms with Crippen LogP contribution in [0.4, 0.5) is 0 Å². The summed E-state index contributed by atoms with van der Waals surface area (Å²) in [5.74, 6) is 0.885. The number of carbonyl (C=O) groups is 3. The van der Waals surface area contributed by atoms with Gasteiger partial charge in [-0.1, -0.05) is 304 Å². The average Bonchev–Trinajstić information content (AvgIpc) is 3.31. The summed E-state index contributed by atoms with van der Waals surface area (Å²) < 4.78 is 16.9. The fraction of sp³-hybridized carbons (Fsp3) is 0.951. The topological polar surface area (TPSA) is 78.9 Å². The van der Waals surface area contributed by atoms with Gasteiger partial charge >= 0.3 is 17.9 Å². The van der Waals surface area contributed by atoms with Crippen LogP contribution in [0.25, 0.3) is 0 Å². The van der Waals surface area contributed by atoms with Gasteiger partial charge in [0.05, 0.1) is 0 Å². The monoisotopic (exact) mass is 947 g/mol. The summed E-state index contributed by atoms with van der Waals surface area (Å²) in [5, 5.41) is 0. The van der Waals surface area contributed by atoms with Crippen LogP contribution in [-0.4, -0.2) is 37.2 Å². The Morgan fingerprint density at radius 3 is 0.851 bits per heavy atom. The molecule has 6 nitrogen and oxygen atoms in total. The number of hydrogen-bond donors (Lipinski definition) is 0. The van der Waals surface area contributed by atoms with Crippen LogP contribution < -0.4 is 0 Å². The zero-order chi connectivity index (χ0) is 48.9. The fourth-order valence-electron chi connectivity index (χ4n) is 9.37. The molecule has 0 bridgehead atoms. The van der Waals surface area contributed by atoms with Gasteiger partial charge in [0.15, 0.2) is 6.10 Å². The van der Waals surface area contributed by atoms with Crippen molar-refractivity contribution < 1.29 is 28.6 Å². The number of rotatable bonds is 55. The highest BCUT2D eigenvalue weighted by molar-refractivity contribution is 5.71. The van der Waals surface area contributed by atoms with Gasteiger partial charge in [0.1, 0.15) is 13.2 Å². The molecular formula is C61H118O6. The minimum absolute atomic E-state index is 0.0624. The molecule has 0 saturated heterocycles. The third-order valence-electron chi connectivity index (χ3n) is 14.3. The summed E-state index contributed by atoms with van der Waals surface area (Å²) in [6.45, 7) is 11.5. The Labute approximate surface area is 418 Å². The average molecular weight is 948 g/mol. The molecule has 2 atom stereocenters. The fourth-order valence-corrected chi connectivity index (χ4v) is 9.37. The molecule has 0 amide bonds. The lowest BCUT2D eigenvalue weighted by atomic mass is 9.99. The lowest BCUT2D eigenvalue weighted by Crippen LogP contribution is -2.30. The maximum atomic E-state index is 12.9. The Bertz CT molecular complexity index is 1030. The van der Waals surface area contributed by atoms with E-state index < -0.39 is 6.10 Å². The van der Waals surface area contributed by atoms with Crippen LogP contribution in [0.3, 0.4) is 0 Å². The summed E-state index contributed by atoms with van der Waals surface area (Å²) in [4.78, 5) is 38.2. The molecule has 0 fully saturated rings. The van der Waals surface area contributed by atoms with Gasteiger partial charge in [-0.15, -0.1) is 0 Å². The van der Waals surface area contributed by atoms with Crippen LogP contribution >= 0.6 is 0 Å². The molecule has 0 saturated carbocycles. The van der Waals surface area contributed by atoms with E-state index in [2.05, 4.69) is 34.6 Å². The van der Waals surface area contributed by atoms with Crippen LogP contribution in [0.5, 0.6) is 0 Å². The first-order chi connectivity index (χ1) is 32.8. The molecule has 0 heterocycles. The SMILES string of the molecule is CCCCCCCCCCCCCCCCCCCC(=O)OC[C@@H](COC(=O)CCCCCCCCCCCCCC(C)C)OC(=O)CCCCCCCCCCCCCCCCC(C)CC. The second-order valence-corrected chi connectivity index (χ2v) is 21.7. The van der Waals surface area contributed by atoms with Crippen molar-refractivity contribution in [1.29, 1.82) is 0 Å². The lowest BCUT2D eigenvalue weighted by molar-refractivity contribution is -0.167. The van der Waals surface area contributed by atoms with Crippen LogP contribution in [0.2, 0.25) is 0 Å². The second-order valence-electron chi connectivity index (χ2n) is 21.7. The summed E-state index contributed by atoms with van der Waals surface area (Å²) >= 11 is 0. The van der Waals surface area contributed by atoms with E-state index in [4.69, 9.17) is 14.2 Å². The maximum Gasteiger partial charge on any atom is 0.306 e. The van der Waals surface area contributed by atoms with Gasteiger partial charge in [0, 0.05) is 19.3 Å². The first kappa shape index (κ1) is 65.4. The van der Waals surface area contributed by atoms with Crippen molar-refractivity contribution in [2.45, 2.75) is 349 Å². The highest BCUT2D eigenvalue weighted by atomic mass is 16.6. The van der Waals surface area contributed by atoms with Gasteiger partial charge in [-0.05, 0) is 31.1 Å². The molecule has 0 aliphatic heterocycles. The molecule has 0 aromatic rings. The third-order valence-corrected chi connectivity index (χ3v) is 14.3. The largest absolute Gasteiger partial charge is 0.462 e. The van der Waals surface area contributed by atoms with E-state index >= 15 is 0 Å². The van der Waals surface area contributed by atoms with E-state index in [1.165, 1.54) is 231 Å². The highest BCUT2D eigenvalue weighted by Gasteiger charge is 2.19. The van der Waals surface area contributed by atoms with Crippen LogP contribution in [0.1, 0.15) is 343 Å². The minimum Gasteiger partial charge on any atom is -0.462 e. The molecular weight excluding hydrogens is 829 g/mol. The molecule has 0 aliphatic rings. The second kappa shape index (κ2) is 53.8. The van der Waals surface area contributed by atoms with E-state index in [0.717, 1.165) is 69.6 Å². The Kier molecular flexibility index (Phi) is 52.5. The number of hydrogen-bond acceptors (Lipinski definition) is 6. The van der Waals surface area contributed by atoms with Crippen molar-refractivity contribution in [2.24, 2.45) is 11.8 Å². The van der Waals surface area contributed by atoms with E-state index in [1.807, 2.05) is 0 Å². The lowest BCUT2D eigenvalue weighted by Gasteiger charge is -2.18. The number of ether oxygens (including phenoxy) is 3. The number of carbonyl (C=O) groups excluding carboxylic acids is 3. The Morgan fingerprint density at radius 1 is 0.313 bits per heavy atom. The van der Waals surface area contributed by atoms with Gasteiger partial charge in [0.2, 0.25) is 0 Å². The van der Waals surface area contributed by atoms with Crippen molar-refractivity contribution in [3.05, 3.63) is 0 Å². The molecule has 0 N–H and O–H groups in total. The van der Waals surface area contributed by atoms with Crippen LogP contribution in [-0.2, 0) is 28.6 Å². The summed E-state index contributed by atoms with van der Waals surface area (Å²) in [6.07, 6.45) is 58.0. The number of unbranched alkanes of at least 4 members (excludes halogenated alkanes) is 39. The van der Waals surface area contributed by atoms with Crippen molar-refractivity contribution in [3.63, 3.8) is 0 Å². The molecule has 0 rings (SSSR count). The Balaban J connectivity index is 4.30. The molecule has 6 heteroatoms. The quantitative estimate of drug-likeness (QED) is 0.0343. The predicted molar refractivity (Wildman–Crippen MR) is 289 cm³/mol. The molecule has 1 unspecified atom stereocenters. The van der Waals surface area contributed by atoms with Crippen molar-refractivity contribution in [2.75, 3.05) is 13.2 Å². The highest BCUT2D eigenvalue weighted by Crippen LogP contribution is 2.19. The maximum absolute atomic E-state index is 12.9. The van der Waals surface area contributed by atoms with Crippen molar-refractivity contribution in [1.82, 2.24) is 0 Å². The standard InChI is InChI=1S/C61H118O6/c1-6-8-9-10-11-12-13-14-15-16-17-21-26-31-36-41-46-51-59(62)65-54-58(55-66-60(63)52-47-42-37-32-28-23-24-29-34-39-44-49-56(3)4)67-61(64)53-48-43-38-33-27-22-19-18-20-25-30-35-40-45-50-57(5)7-2/h56-58H,6-55H2,1-5H3/t57?,58-/m0/s1. The van der Waals surface area contributed by atoms with Gasteiger partial charge in [-0.3, -0.25) is 14.4 Å². The predicted octanol–water partition coefficient (Wildman–Crippen LogP) is 20.0. The number of esters is 3. The van der Waals surface area contributed by atoms with Crippen molar-refractivity contribution >= 4 is 17.9 Å². The molecule has 0 aliphatic carbocycles. The third kappa shape index (κ3) is 53.6. The van der Waals surface area contributed by atoms with Crippen molar-refractivity contribution in [3.8, 4) is 0 Å². The van der Waals surface area contributed by atoms with E-state index in [1.54, 1.807) is 0 Å². The molecule has 0 spiro atoms. The van der Waals surface area contributed by atoms with E-state index in [-0.39, 0.29) is 31.1 Å². The summed E-state index contributed by atoms with van der Waals surface area (Å²) in [7, 11) is 0. The normalized spacial score (nSPS) is 12.4. The molecule has 67 heavy (non-hydrogen) atoms. The smallest absolute Gasteiger partial charge is 0.306 e. The van der Waals surface area contributed by atoms with Gasteiger partial charge < -0.3 is 14.2 Å². The van der Waals surface area contributed by atoms with Crippen LogP contribution in [0.15, 0.2) is 0 Å². The molecule has 0 radical (unpaired) electrons. The molecule has 398 valence electrons. The minimum atomic E-state index is -0.763.